The van der Waals surface area contributed by atoms with E-state index in [2.05, 4.69) is 8.75 Å². The molecule has 0 bridgehead atoms. The summed E-state index contributed by atoms with van der Waals surface area (Å²) in [6.07, 6.45) is 0. The van der Waals surface area contributed by atoms with Gasteiger partial charge in [-0.3, -0.25) is 4.79 Å². The van der Waals surface area contributed by atoms with Crippen LogP contribution in [0.2, 0.25) is 0 Å². The number of carbonyl (C=O) groups excluding carboxylic acids is 1. The molecule has 0 saturated carbocycles. The van der Waals surface area contributed by atoms with Crippen molar-refractivity contribution in [2.45, 2.75) is 4.90 Å². The van der Waals surface area contributed by atoms with Crippen LogP contribution in [0, 0.1) is 0 Å². The number of methoxy groups -OCH3 is 3. The number of hydrogen-bond acceptors (Lipinski definition) is 9. The first-order valence-corrected chi connectivity index (χ1v) is 11.9. The quantitative estimate of drug-likeness (QED) is 0.528. The topological polar surface area (TPSA) is 111 Å². The molecule has 0 atom stereocenters. The Balaban J connectivity index is 1.53. The van der Waals surface area contributed by atoms with E-state index in [0.717, 1.165) is 11.7 Å². The molecule has 2 aromatic carbocycles. The summed E-state index contributed by atoms with van der Waals surface area (Å²) >= 11 is 0.975. The lowest BCUT2D eigenvalue weighted by Gasteiger charge is -2.34. The fraction of sp³-hybridized carbons (Fsp3) is 0.350. The summed E-state index contributed by atoms with van der Waals surface area (Å²) in [4.78, 5) is 14.8. The van der Waals surface area contributed by atoms with Crippen molar-refractivity contribution >= 4 is 38.7 Å². The zero-order valence-electron chi connectivity index (χ0n) is 17.8. The first-order valence-electron chi connectivity index (χ1n) is 9.71. The fourth-order valence-electron chi connectivity index (χ4n) is 3.65. The van der Waals surface area contributed by atoms with Crippen LogP contribution in [0.25, 0.3) is 11.0 Å². The molecule has 1 aliphatic heterocycles. The molecule has 1 amide bonds. The van der Waals surface area contributed by atoms with Crippen LogP contribution in [0.1, 0.15) is 10.4 Å². The molecule has 0 unspecified atom stereocenters. The SMILES string of the molecule is COc1cc(C(=O)N2CCN(S(=O)(=O)c3cccc4nsnc34)CC2)cc(OC)c1OC. The summed E-state index contributed by atoms with van der Waals surface area (Å²) < 4.78 is 52.0. The van der Waals surface area contributed by atoms with Gasteiger partial charge in [-0.15, -0.1) is 0 Å². The monoisotopic (exact) mass is 478 g/mol. The molecule has 0 spiro atoms. The van der Waals surface area contributed by atoms with Crippen molar-refractivity contribution in [2.75, 3.05) is 47.5 Å². The molecule has 10 nitrogen and oxygen atoms in total. The average Bonchev–Trinajstić information content (AvgIpc) is 3.31. The van der Waals surface area contributed by atoms with E-state index < -0.39 is 10.0 Å². The van der Waals surface area contributed by atoms with Crippen molar-refractivity contribution in [3.8, 4) is 17.2 Å². The fourth-order valence-corrected chi connectivity index (χ4v) is 5.82. The molecular formula is C20H22N4O6S2. The lowest BCUT2D eigenvalue weighted by atomic mass is 10.1. The van der Waals surface area contributed by atoms with Gasteiger partial charge in [0.05, 0.1) is 33.1 Å². The Hall–Kier alpha value is -2.96. The third-order valence-electron chi connectivity index (χ3n) is 5.30. The van der Waals surface area contributed by atoms with E-state index in [1.54, 1.807) is 29.2 Å². The summed E-state index contributed by atoms with van der Waals surface area (Å²) in [5.74, 6) is 0.906. The molecule has 4 rings (SSSR count). The third-order valence-corrected chi connectivity index (χ3v) is 7.78. The number of ether oxygens (including phenoxy) is 3. The Kier molecular flexibility index (Phi) is 6.17. The summed E-state index contributed by atoms with van der Waals surface area (Å²) in [5, 5.41) is 0. The Morgan fingerprint density at radius 3 is 2.22 bits per heavy atom. The van der Waals surface area contributed by atoms with E-state index in [1.807, 2.05) is 0 Å². The van der Waals surface area contributed by atoms with Crippen LogP contribution >= 0.6 is 11.7 Å². The summed E-state index contributed by atoms with van der Waals surface area (Å²) in [7, 11) is 0.690. The van der Waals surface area contributed by atoms with E-state index in [9.17, 15) is 13.2 Å². The van der Waals surface area contributed by atoms with Crippen LogP contribution in [-0.4, -0.2) is 79.8 Å². The van der Waals surface area contributed by atoms with Gasteiger partial charge in [0, 0.05) is 31.7 Å². The maximum Gasteiger partial charge on any atom is 0.254 e. The molecule has 1 aliphatic rings. The van der Waals surface area contributed by atoms with E-state index in [4.69, 9.17) is 14.2 Å². The van der Waals surface area contributed by atoms with Crippen LogP contribution in [-0.2, 0) is 10.0 Å². The molecule has 12 heteroatoms. The number of aromatic nitrogens is 2. The van der Waals surface area contributed by atoms with Gasteiger partial charge in [-0.1, -0.05) is 6.07 Å². The van der Waals surface area contributed by atoms with E-state index >= 15 is 0 Å². The predicted molar refractivity (Wildman–Crippen MR) is 118 cm³/mol. The number of nitrogens with zero attached hydrogens (tertiary/aromatic N) is 4. The van der Waals surface area contributed by atoms with Crippen molar-refractivity contribution in [1.82, 2.24) is 18.0 Å². The van der Waals surface area contributed by atoms with Crippen LogP contribution in [0.5, 0.6) is 17.2 Å². The van der Waals surface area contributed by atoms with Gasteiger partial charge in [0.25, 0.3) is 5.91 Å². The Bertz CT molecular complexity index is 1230. The van der Waals surface area contributed by atoms with Gasteiger partial charge < -0.3 is 19.1 Å². The molecule has 170 valence electrons. The standard InChI is InChI=1S/C20H22N4O6S2/c1-28-15-11-13(12-16(29-2)19(15)30-3)20(25)23-7-9-24(10-8-23)32(26,27)17-6-4-5-14-18(17)22-31-21-14/h4-6,11-12H,7-10H2,1-3H3. The summed E-state index contributed by atoms with van der Waals surface area (Å²) in [6, 6.07) is 8.09. The highest BCUT2D eigenvalue weighted by Gasteiger charge is 2.32. The van der Waals surface area contributed by atoms with Gasteiger partial charge in [0.15, 0.2) is 11.5 Å². The first kappa shape index (κ1) is 22.2. The molecule has 2 heterocycles. The molecule has 1 saturated heterocycles. The number of hydrogen-bond donors (Lipinski definition) is 0. The molecule has 1 fully saturated rings. The predicted octanol–water partition coefficient (Wildman–Crippen LogP) is 1.86. The van der Waals surface area contributed by atoms with Gasteiger partial charge >= 0.3 is 0 Å². The minimum Gasteiger partial charge on any atom is -0.493 e. The highest BCUT2D eigenvalue weighted by molar-refractivity contribution is 7.89. The number of piperazine rings is 1. The van der Waals surface area contributed by atoms with Crippen molar-refractivity contribution in [2.24, 2.45) is 0 Å². The minimum absolute atomic E-state index is 0.133. The van der Waals surface area contributed by atoms with Gasteiger partial charge in [-0.05, 0) is 24.3 Å². The summed E-state index contributed by atoms with van der Waals surface area (Å²) in [6.45, 7) is 0.846. The second kappa shape index (κ2) is 8.88. The van der Waals surface area contributed by atoms with Crippen LogP contribution in [0.15, 0.2) is 35.2 Å². The molecule has 3 aromatic rings. The second-order valence-electron chi connectivity index (χ2n) is 7.00. The zero-order chi connectivity index (χ0) is 22.9. The number of carbonyl (C=O) groups is 1. The maximum atomic E-state index is 13.2. The van der Waals surface area contributed by atoms with Gasteiger partial charge in [0.2, 0.25) is 15.8 Å². The molecular weight excluding hydrogens is 456 g/mol. The van der Waals surface area contributed by atoms with E-state index in [1.165, 1.54) is 31.7 Å². The Labute approximate surface area is 189 Å². The zero-order valence-corrected chi connectivity index (χ0v) is 19.4. The number of amides is 1. The van der Waals surface area contributed by atoms with Crippen LogP contribution in [0.4, 0.5) is 0 Å². The highest BCUT2D eigenvalue weighted by atomic mass is 32.2. The third kappa shape index (κ3) is 3.85. The van der Waals surface area contributed by atoms with Crippen molar-refractivity contribution in [3.05, 3.63) is 35.9 Å². The van der Waals surface area contributed by atoms with Gasteiger partial charge in [-0.25, -0.2) is 8.42 Å². The number of fused-ring (bicyclic) bond motifs is 1. The Morgan fingerprint density at radius 2 is 1.62 bits per heavy atom. The van der Waals surface area contributed by atoms with Crippen LogP contribution in [0.3, 0.4) is 0 Å². The molecule has 0 N–H and O–H groups in total. The van der Waals surface area contributed by atoms with Gasteiger partial charge in [0.1, 0.15) is 15.9 Å². The maximum absolute atomic E-state index is 13.2. The van der Waals surface area contributed by atoms with Crippen LogP contribution < -0.4 is 14.2 Å². The minimum atomic E-state index is -3.76. The van der Waals surface area contributed by atoms with E-state index in [0.29, 0.717) is 33.8 Å². The second-order valence-corrected chi connectivity index (χ2v) is 9.43. The van der Waals surface area contributed by atoms with Crippen molar-refractivity contribution in [1.29, 1.82) is 0 Å². The highest BCUT2D eigenvalue weighted by Crippen LogP contribution is 2.38. The number of rotatable bonds is 6. The lowest BCUT2D eigenvalue weighted by molar-refractivity contribution is 0.0697. The van der Waals surface area contributed by atoms with Gasteiger partial charge in [-0.2, -0.15) is 13.1 Å². The normalized spacial score (nSPS) is 15.0. The number of sulfonamides is 1. The van der Waals surface area contributed by atoms with E-state index in [-0.39, 0.29) is 37.0 Å². The lowest BCUT2D eigenvalue weighted by Crippen LogP contribution is -2.50. The Morgan fingerprint density at radius 1 is 0.969 bits per heavy atom. The van der Waals surface area contributed by atoms with Crippen molar-refractivity contribution < 1.29 is 27.4 Å². The first-order chi connectivity index (χ1) is 15.4. The molecule has 0 radical (unpaired) electrons. The molecule has 32 heavy (non-hydrogen) atoms. The molecule has 1 aromatic heterocycles. The molecule has 0 aliphatic carbocycles. The smallest absolute Gasteiger partial charge is 0.254 e. The number of benzene rings is 2. The van der Waals surface area contributed by atoms with Crippen molar-refractivity contribution in [3.63, 3.8) is 0 Å². The summed E-state index contributed by atoms with van der Waals surface area (Å²) in [5.41, 5.74) is 1.29. The largest absolute Gasteiger partial charge is 0.493 e. The average molecular weight is 479 g/mol.